The SMILES string of the molecule is CC[N+](CC)(CC)CC.O=S(=O)([O-])CC(F)C(F)C(F)CCCCCF. The van der Waals surface area contributed by atoms with Gasteiger partial charge >= 0.3 is 0 Å². The molecule has 0 aliphatic carbocycles. The molecule has 4 nitrogen and oxygen atoms in total. The van der Waals surface area contributed by atoms with Crippen molar-refractivity contribution >= 4 is 10.1 Å². The van der Waals surface area contributed by atoms with E-state index in [1.807, 2.05) is 0 Å². The van der Waals surface area contributed by atoms with E-state index in [9.17, 15) is 30.5 Å². The standard InChI is InChI=1S/C9H16F4O3S.C8H20N/c10-5-3-1-2-4-7(11)9(13)8(12)6-17(14,15)16;1-5-9(6-2,7-3)8-4/h7-9H,1-6H2,(H,14,15,16);5-8H2,1-4H3/q;+1/p-1. The van der Waals surface area contributed by atoms with Crippen molar-refractivity contribution < 1.29 is 35.0 Å². The zero-order valence-corrected chi connectivity index (χ0v) is 17.2. The van der Waals surface area contributed by atoms with Crippen LogP contribution in [0.2, 0.25) is 0 Å². The Hall–Kier alpha value is -0.410. The van der Waals surface area contributed by atoms with E-state index in [1.165, 1.54) is 30.7 Å². The summed E-state index contributed by atoms with van der Waals surface area (Å²) in [6.45, 7) is 13.7. The van der Waals surface area contributed by atoms with Gasteiger partial charge in [0.05, 0.1) is 48.7 Å². The summed E-state index contributed by atoms with van der Waals surface area (Å²) in [6, 6.07) is 0. The molecule has 0 aliphatic rings. The Morgan fingerprint density at radius 1 is 0.846 bits per heavy atom. The lowest BCUT2D eigenvalue weighted by molar-refractivity contribution is -0.921. The summed E-state index contributed by atoms with van der Waals surface area (Å²) < 4.78 is 82.3. The molecule has 0 fully saturated rings. The molecule has 0 aromatic carbocycles. The highest BCUT2D eigenvalue weighted by Crippen LogP contribution is 2.19. The second kappa shape index (κ2) is 14.6. The van der Waals surface area contributed by atoms with Crippen molar-refractivity contribution in [1.29, 1.82) is 0 Å². The second-order valence-corrected chi connectivity index (χ2v) is 7.79. The molecule has 0 aromatic heterocycles. The highest BCUT2D eigenvalue weighted by Gasteiger charge is 2.30. The van der Waals surface area contributed by atoms with E-state index in [0.717, 1.165) is 0 Å². The zero-order chi connectivity index (χ0) is 20.8. The van der Waals surface area contributed by atoms with Crippen LogP contribution in [0.3, 0.4) is 0 Å². The largest absolute Gasteiger partial charge is 0.748 e. The van der Waals surface area contributed by atoms with Crippen LogP contribution in [0.4, 0.5) is 17.6 Å². The van der Waals surface area contributed by atoms with Gasteiger partial charge in [0.2, 0.25) is 0 Å². The van der Waals surface area contributed by atoms with Crippen LogP contribution in [-0.2, 0) is 10.1 Å². The molecule has 0 amide bonds. The molecule has 0 aromatic rings. The highest BCUT2D eigenvalue weighted by molar-refractivity contribution is 7.85. The summed E-state index contributed by atoms with van der Waals surface area (Å²) in [4.78, 5) is 0. The fourth-order valence-corrected chi connectivity index (χ4v) is 3.20. The minimum atomic E-state index is -4.91. The van der Waals surface area contributed by atoms with E-state index in [4.69, 9.17) is 0 Å². The molecule has 0 N–H and O–H groups in total. The molecule has 0 saturated heterocycles. The second-order valence-electron chi connectivity index (χ2n) is 6.35. The number of unbranched alkanes of at least 4 members (excludes halogenated alkanes) is 2. The van der Waals surface area contributed by atoms with Crippen LogP contribution in [0.25, 0.3) is 0 Å². The number of alkyl halides is 4. The molecule has 3 atom stereocenters. The van der Waals surface area contributed by atoms with Crippen LogP contribution >= 0.6 is 0 Å². The van der Waals surface area contributed by atoms with Crippen LogP contribution in [-0.4, -0.2) is 74.6 Å². The number of quaternary nitrogens is 1. The van der Waals surface area contributed by atoms with Crippen LogP contribution in [0.15, 0.2) is 0 Å². The number of hydrogen-bond acceptors (Lipinski definition) is 3. The van der Waals surface area contributed by atoms with E-state index < -0.39 is 41.1 Å². The Morgan fingerprint density at radius 3 is 1.62 bits per heavy atom. The van der Waals surface area contributed by atoms with Gasteiger partial charge < -0.3 is 9.04 Å². The van der Waals surface area contributed by atoms with Gasteiger partial charge in [0.1, 0.15) is 12.3 Å². The van der Waals surface area contributed by atoms with Crippen molar-refractivity contribution in [2.24, 2.45) is 0 Å². The van der Waals surface area contributed by atoms with Crippen molar-refractivity contribution in [3.8, 4) is 0 Å². The Morgan fingerprint density at radius 2 is 1.31 bits per heavy atom. The lowest BCUT2D eigenvalue weighted by Crippen LogP contribution is -2.47. The van der Waals surface area contributed by atoms with E-state index in [-0.39, 0.29) is 19.3 Å². The Labute approximate surface area is 156 Å². The first-order valence-corrected chi connectivity index (χ1v) is 10.9. The van der Waals surface area contributed by atoms with Gasteiger partial charge in [-0.3, -0.25) is 4.39 Å². The molecule has 160 valence electrons. The quantitative estimate of drug-likeness (QED) is 0.200. The van der Waals surface area contributed by atoms with Crippen LogP contribution in [0.5, 0.6) is 0 Å². The highest BCUT2D eigenvalue weighted by atomic mass is 32.2. The Bertz CT molecular complexity index is 416. The fourth-order valence-electron chi connectivity index (χ4n) is 2.62. The third-order valence-electron chi connectivity index (χ3n) is 4.85. The van der Waals surface area contributed by atoms with Crippen molar-refractivity contribution in [2.75, 3.05) is 38.6 Å². The van der Waals surface area contributed by atoms with Gasteiger partial charge in [-0.05, 0) is 40.5 Å². The molecule has 9 heteroatoms. The van der Waals surface area contributed by atoms with E-state index >= 15 is 0 Å². The molecule has 0 radical (unpaired) electrons. The lowest BCUT2D eigenvalue weighted by Gasteiger charge is -2.34. The van der Waals surface area contributed by atoms with E-state index in [2.05, 4.69) is 27.7 Å². The summed E-state index contributed by atoms with van der Waals surface area (Å²) in [5.74, 6) is -1.57. The maximum Gasteiger partial charge on any atom is 0.163 e. The lowest BCUT2D eigenvalue weighted by atomic mass is 10.1. The van der Waals surface area contributed by atoms with Gasteiger partial charge in [-0.15, -0.1) is 0 Å². The maximum atomic E-state index is 13.0. The molecule has 0 rings (SSSR count). The monoisotopic (exact) mass is 409 g/mol. The number of rotatable bonds is 13. The average Bonchev–Trinajstić information content (AvgIpc) is 2.59. The van der Waals surface area contributed by atoms with Gasteiger partial charge in [-0.1, -0.05) is 12.8 Å². The maximum absolute atomic E-state index is 13.0. The minimum Gasteiger partial charge on any atom is -0.748 e. The molecule has 0 bridgehead atoms. The predicted octanol–water partition coefficient (Wildman–Crippen LogP) is 3.96. The zero-order valence-electron chi connectivity index (χ0n) is 16.4. The van der Waals surface area contributed by atoms with E-state index in [0.29, 0.717) is 6.42 Å². The third-order valence-corrected chi connectivity index (χ3v) is 5.58. The molecule has 0 heterocycles. The molecular weight excluding hydrogens is 374 g/mol. The summed E-state index contributed by atoms with van der Waals surface area (Å²) in [5, 5.41) is 0. The first-order valence-electron chi connectivity index (χ1n) is 9.29. The third kappa shape index (κ3) is 12.9. The van der Waals surface area contributed by atoms with Crippen LogP contribution in [0, 0.1) is 0 Å². The smallest absolute Gasteiger partial charge is 0.163 e. The Kier molecular flexibility index (Phi) is 15.6. The van der Waals surface area contributed by atoms with Crippen molar-refractivity contribution in [1.82, 2.24) is 0 Å². The molecule has 0 spiro atoms. The minimum absolute atomic E-state index is 0.183. The topological polar surface area (TPSA) is 57.2 Å². The molecule has 0 saturated carbocycles. The van der Waals surface area contributed by atoms with Gasteiger partial charge in [-0.2, -0.15) is 0 Å². The number of halogens is 4. The summed E-state index contributed by atoms with van der Waals surface area (Å²) in [6.07, 6.45) is -7.04. The van der Waals surface area contributed by atoms with Gasteiger partial charge in [0, 0.05) is 0 Å². The van der Waals surface area contributed by atoms with Crippen LogP contribution in [0.1, 0.15) is 53.4 Å². The van der Waals surface area contributed by atoms with Crippen molar-refractivity contribution in [2.45, 2.75) is 71.9 Å². The molecule has 0 aliphatic heterocycles. The normalized spacial score (nSPS) is 15.7. The first kappa shape index (κ1) is 27.8. The van der Waals surface area contributed by atoms with Gasteiger partial charge in [0.25, 0.3) is 0 Å². The summed E-state index contributed by atoms with van der Waals surface area (Å²) >= 11 is 0. The summed E-state index contributed by atoms with van der Waals surface area (Å²) in [7, 11) is -4.91. The molecular formula is C17H35F4NO3S. The first-order chi connectivity index (χ1) is 12.0. The number of hydrogen-bond donors (Lipinski definition) is 0. The number of nitrogens with zero attached hydrogens (tertiary/aromatic N) is 1. The van der Waals surface area contributed by atoms with Crippen molar-refractivity contribution in [3.63, 3.8) is 0 Å². The Balaban J connectivity index is 0. The molecule has 3 unspecified atom stereocenters. The van der Waals surface area contributed by atoms with Gasteiger partial charge in [0.15, 0.2) is 6.17 Å². The van der Waals surface area contributed by atoms with Gasteiger partial charge in [-0.25, -0.2) is 21.6 Å². The fraction of sp³-hybridized carbons (Fsp3) is 1.00. The van der Waals surface area contributed by atoms with E-state index in [1.54, 1.807) is 0 Å². The summed E-state index contributed by atoms with van der Waals surface area (Å²) in [5.41, 5.74) is 0. The van der Waals surface area contributed by atoms with Crippen molar-refractivity contribution in [3.05, 3.63) is 0 Å². The average molecular weight is 410 g/mol. The van der Waals surface area contributed by atoms with Crippen LogP contribution < -0.4 is 0 Å². The predicted molar refractivity (Wildman–Crippen MR) is 96.1 cm³/mol. The molecule has 26 heavy (non-hydrogen) atoms.